The van der Waals surface area contributed by atoms with Crippen LogP contribution >= 0.6 is 11.3 Å². The van der Waals surface area contributed by atoms with E-state index in [0.29, 0.717) is 5.69 Å². The first-order chi connectivity index (χ1) is 14.6. The fourth-order valence-corrected chi connectivity index (χ4v) is 3.79. The Kier molecular flexibility index (Phi) is 5.76. The summed E-state index contributed by atoms with van der Waals surface area (Å²) in [5.74, 6) is -0.0855. The summed E-state index contributed by atoms with van der Waals surface area (Å²) in [6.07, 6.45) is 4.03. The van der Waals surface area contributed by atoms with Gasteiger partial charge in [0.15, 0.2) is 4.96 Å². The lowest BCUT2D eigenvalue weighted by Crippen LogP contribution is -2.28. The molecular weight excluding hydrogens is 398 g/mol. The number of nitrogens with zero attached hydrogens (tertiary/aromatic N) is 2. The van der Waals surface area contributed by atoms with Gasteiger partial charge in [-0.25, -0.2) is 9.78 Å². The number of hydrogen-bond acceptors (Lipinski definition) is 4. The number of imidazole rings is 1. The summed E-state index contributed by atoms with van der Waals surface area (Å²) in [7, 11) is 0. The van der Waals surface area contributed by atoms with Gasteiger partial charge in [-0.1, -0.05) is 30.3 Å². The molecule has 2 aromatic heterocycles. The maximum Gasteiger partial charge on any atom is 0.323 e. The molecule has 3 amide bonds. The maximum atomic E-state index is 12.4. The molecule has 0 spiro atoms. The highest BCUT2D eigenvalue weighted by Gasteiger charge is 2.13. The molecule has 1 unspecified atom stereocenters. The van der Waals surface area contributed by atoms with E-state index in [4.69, 9.17) is 0 Å². The van der Waals surface area contributed by atoms with Crippen LogP contribution in [0.2, 0.25) is 0 Å². The van der Waals surface area contributed by atoms with Crippen molar-refractivity contribution in [2.45, 2.75) is 19.4 Å². The van der Waals surface area contributed by atoms with E-state index >= 15 is 0 Å². The molecule has 0 fully saturated rings. The number of rotatable bonds is 6. The molecule has 152 valence electrons. The van der Waals surface area contributed by atoms with Gasteiger partial charge in [-0.05, 0) is 36.8 Å². The summed E-state index contributed by atoms with van der Waals surface area (Å²) in [5, 5.41) is 10.5. The second-order valence-electron chi connectivity index (χ2n) is 6.86. The van der Waals surface area contributed by atoms with Crippen molar-refractivity contribution in [1.82, 2.24) is 14.7 Å². The van der Waals surface area contributed by atoms with E-state index in [1.165, 1.54) is 11.3 Å². The summed E-state index contributed by atoms with van der Waals surface area (Å²) in [4.78, 5) is 29.8. The average Bonchev–Trinajstić information content (AvgIpc) is 3.30. The Morgan fingerprint density at radius 1 is 1.03 bits per heavy atom. The molecule has 1 atom stereocenters. The number of para-hydroxylation sites is 1. The molecule has 0 saturated carbocycles. The number of aromatic nitrogens is 2. The second kappa shape index (κ2) is 8.79. The Hall–Kier alpha value is -3.65. The fourth-order valence-electron chi connectivity index (χ4n) is 3.07. The molecule has 8 heteroatoms. The predicted octanol–water partition coefficient (Wildman–Crippen LogP) is 4.46. The third-order valence-electron chi connectivity index (χ3n) is 4.56. The average molecular weight is 420 g/mol. The van der Waals surface area contributed by atoms with Crippen LogP contribution in [0, 0.1) is 0 Å². The molecule has 0 bridgehead atoms. The molecule has 0 aliphatic carbocycles. The molecule has 4 rings (SSSR count). The van der Waals surface area contributed by atoms with Crippen LogP contribution in [0.1, 0.15) is 24.2 Å². The van der Waals surface area contributed by atoms with Crippen molar-refractivity contribution in [3.8, 4) is 0 Å². The number of hydrogen-bond donors (Lipinski definition) is 3. The Balaban J connectivity index is 1.29. The van der Waals surface area contributed by atoms with Gasteiger partial charge in [0.25, 0.3) is 0 Å². The topological polar surface area (TPSA) is 87.5 Å². The van der Waals surface area contributed by atoms with Crippen molar-refractivity contribution in [2.24, 2.45) is 0 Å². The zero-order chi connectivity index (χ0) is 20.9. The molecule has 2 aromatic carbocycles. The van der Waals surface area contributed by atoms with Crippen LogP contribution in [0.25, 0.3) is 4.96 Å². The van der Waals surface area contributed by atoms with E-state index < -0.39 is 0 Å². The third-order valence-corrected chi connectivity index (χ3v) is 5.33. The van der Waals surface area contributed by atoms with Crippen molar-refractivity contribution in [3.63, 3.8) is 0 Å². The lowest BCUT2D eigenvalue weighted by molar-refractivity contribution is -0.121. The third kappa shape index (κ3) is 4.84. The Morgan fingerprint density at radius 3 is 2.43 bits per heavy atom. The number of nitrogens with one attached hydrogen (secondary N) is 3. The molecule has 7 nitrogen and oxygen atoms in total. The number of urea groups is 1. The summed E-state index contributed by atoms with van der Waals surface area (Å²) < 4.78 is 1.91. The van der Waals surface area contributed by atoms with Crippen LogP contribution in [0.3, 0.4) is 0 Å². The number of amides is 3. The van der Waals surface area contributed by atoms with Crippen LogP contribution in [0.15, 0.2) is 72.4 Å². The smallest absolute Gasteiger partial charge is 0.323 e. The minimum absolute atomic E-state index is 0.0855. The monoisotopic (exact) mass is 419 g/mol. The molecule has 2 heterocycles. The first kappa shape index (κ1) is 19.7. The summed E-state index contributed by atoms with van der Waals surface area (Å²) in [6.45, 7) is 1.92. The fraction of sp³-hybridized carbons (Fsp3) is 0.136. The number of carbonyl (C=O) groups is 2. The van der Waals surface area contributed by atoms with E-state index in [1.807, 2.05) is 83.7 Å². The normalized spacial score (nSPS) is 11.8. The molecule has 0 radical (unpaired) electrons. The first-order valence-corrected chi connectivity index (χ1v) is 10.4. The van der Waals surface area contributed by atoms with Crippen molar-refractivity contribution < 1.29 is 9.59 Å². The van der Waals surface area contributed by atoms with Crippen LogP contribution in [-0.2, 0) is 11.2 Å². The number of carbonyl (C=O) groups excluding carboxylic acids is 2. The van der Waals surface area contributed by atoms with Gasteiger partial charge >= 0.3 is 6.03 Å². The standard InChI is InChI=1S/C22H21N5O2S/c1-15(23-20(28)13-19-14-27-11-12-30-22(27)26-19)16-7-9-18(10-8-16)25-21(29)24-17-5-3-2-4-6-17/h2-12,14-15H,13H2,1H3,(H,23,28)(H2,24,25,29). The second-order valence-corrected chi connectivity index (χ2v) is 7.73. The van der Waals surface area contributed by atoms with E-state index in [1.54, 1.807) is 0 Å². The molecule has 0 aliphatic heterocycles. The van der Waals surface area contributed by atoms with E-state index in [-0.39, 0.29) is 24.4 Å². The molecule has 30 heavy (non-hydrogen) atoms. The van der Waals surface area contributed by atoms with Crippen LogP contribution < -0.4 is 16.0 Å². The van der Waals surface area contributed by atoms with Crippen LogP contribution in [0.5, 0.6) is 0 Å². The number of fused-ring (bicyclic) bond motifs is 1. The maximum absolute atomic E-state index is 12.4. The van der Waals surface area contributed by atoms with E-state index in [0.717, 1.165) is 21.9 Å². The van der Waals surface area contributed by atoms with E-state index in [2.05, 4.69) is 20.9 Å². The number of thiazole rings is 1. The molecule has 4 aromatic rings. The minimum Gasteiger partial charge on any atom is -0.349 e. The molecule has 0 saturated heterocycles. The number of anilines is 2. The Morgan fingerprint density at radius 2 is 1.73 bits per heavy atom. The summed E-state index contributed by atoms with van der Waals surface area (Å²) in [5.41, 5.74) is 3.09. The SMILES string of the molecule is CC(NC(=O)Cc1cn2ccsc2n1)c1ccc(NC(=O)Nc2ccccc2)cc1. The van der Waals surface area contributed by atoms with Crippen molar-refractivity contribution in [1.29, 1.82) is 0 Å². The first-order valence-electron chi connectivity index (χ1n) is 9.50. The van der Waals surface area contributed by atoms with Crippen molar-refractivity contribution in [2.75, 3.05) is 10.6 Å². The van der Waals surface area contributed by atoms with E-state index in [9.17, 15) is 9.59 Å². The quantitative estimate of drug-likeness (QED) is 0.431. The summed E-state index contributed by atoms with van der Waals surface area (Å²) in [6, 6.07) is 16.2. The Bertz CT molecular complexity index is 1120. The molecular formula is C22H21N5O2S. The highest BCUT2D eigenvalue weighted by atomic mass is 32.1. The van der Waals surface area contributed by atoms with Gasteiger partial charge in [-0.15, -0.1) is 11.3 Å². The zero-order valence-corrected chi connectivity index (χ0v) is 17.1. The largest absolute Gasteiger partial charge is 0.349 e. The predicted molar refractivity (Wildman–Crippen MR) is 119 cm³/mol. The van der Waals surface area contributed by atoms with Gasteiger partial charge in [0, 0.05) is 29.1 Å². The van der Waals surface area contributed by atoms with Gasteiger partial charge in [-0.2, -0.15) is 0 Å². The van der Waals surface area contributed by atoms with Crippen molar-refractivity contribution in [3.05, 3.63) is 83.6 Å². The van der Waals surface area contributed by atoms with Gasteiger partial charge in [0.1, 0.15) is 0 Å². The zero-order valence-electron chi connectivity index (χ0n) is 16.3. The van der Waals surface area contributed by atoms with Crippen molar-refractivity contribution >= 4 is 39.6 Å². The Labute approximate surface area is 177 Å². The van der Waals surface area contributed by atoms with Gasteiger partial charge in [-0.3, -0.25) is 9.20 Å². The van der Waals surface area contributed by atoms with Gasteiger partial charge < -0.3 is 16.0 Å². The van der Waals surface area contributed by atoms with Crippen LogP contribution in [-0.4, -0.2) is 21.3 Å². The molecule has 0 aliphatic rings. The minimum atomic E-state index is -0.310. The lowest BCUT2D eigenvalue weighted by Gasteiger charge is -2.15. The van der Waals surface area contributed by atoms with Gasteiger partial charge in [0.2, 0.25) is 5.91 Å². The number of benzene rings is 2. The highest BCUT2D eigenvalue weighted by Crippen LogP contribution is 2.17. The lowest BCUT2D eigenvalue weighted by atomic mass is 10.1. The summed E-state index contributed by atoms with van der Waals surface area (Å²) >= 11 is 1.54. The highest BCUT2D eigenvalue weighted by molar-refractivity contribution is 7.15. The van der Waals surface area contributed by atoms with Crippen LogP contribution in [0.4, 0.5) is 16.2 Å². The van der Waals surface area contributed by atoms with Gasteiger partial charge in [0.05, 0.1) is 18.2 Å². The molecule has 3 N–H and O–H groups in total.